The number of benzene rings is 1. The fourth-order valence-corrected chi connectivity index (χ4v) is 4.25. The maximum Gasteiger partial charge on any atom is 0.387 e. The van der Waals surface area contributed by atoms with Gasteiger partial charge >= 0.3 is 13.2 Å². The van der Waals surface area contributed by atoms with Crippen LogP contribution in [-0.4, -0.2) is 39.3 Å². The molecule has 0 radical (unpaired) electrons. The molecule has 2 rings (SSSR count). The Bertz CT molecular complexity index is 799. The SMILES string of the molecule is CC1CCC(NS(=O)(=O)CC(=O)Nc2ccc(OC(F)F)cc2OC(F)F)CC1. The van der Waals surface area contributed by atoms with Gasteiger partial charge in [-0.05, 0) is 43.7 Å². The van der Waals surface area contributed by atoms with Crippen LogP contribution < -0.4 is 19.5 Å². The molecule has 12 heteroatoms. The van der Waals surface area contributed by atoms with E-state index in [1.807, 2.05) is 0 Å². The second-order valence-electron chi connectivity index (χ2n) is 6.80. The quantitative estimate of drug-likeness (QED) is 0.573. The summed E-state index contributed by atoms with van der Waals surface area (Å²) in [6.07, 6.45) is 3.08. The molecule has 0 heterocycles. The molecule has 164 valence electrons. The number of hydrogen-bond acceptors (Lipinski definition) is 5. The van der Waals surface area contributed by atoms with Crippen molar-refractivity contribution in [3.63, 3.8) is 0 Å². The number of alkyl halides is 4. The number of rotatable bonds is 9. The molecule has 2 N–H and O–H groups in total. The fourth-order valence-electron chi connectivity index (χ4n) is 3.01. The Hall–Kier alpha value is -2.08. The van der Waals surface area contributed by atoms with Crippen LogP contribution in [0.25, 0.3) is 0 Å². The fraction of sp³-hybridized carbons (Fsp3) is 0.588. The number of carbonyl (C=O) groups is 1. The molecule has 1 aliphatic carbocycles. The first kappa shape index (κ1) is 23.2. The van der Waals surface area contributed by atoms with Gasteiger partial charge < -0.3 is 14.8 Å². The summed E-state index contributed by atoms with van der Waals surface area (Å²) in [5, 5.41) is 2.14. The number of nitrogens with one attached hydrogen (secondary N) is 2. The van der Waals surface area contributed by atoms with Gasteiger partial charge in [-0.25, -0.2) is 13.1 Å². The molecular weight excluding hydrogens is 420 g/mol. The van der Waals surface area contributed by atoms with Crippen LogP contribution in [0.2, 0.25) is 0 Å². The zero-order valence-corrected chi connectivity index (χ0v) is 16.4. The monoisotopic (exact) mass is 442 g/mol. The van der Waals surface area contributed by atoms with E-state index in [0.29, 0.717) is 18.8 Å². The zero-order chi connectivity index (χ0) is 21.6. The van der Waals surface area contributed by atoms with E-state index >= 15 is 0 Å². The van der Waals surface area contributed by atoms with E-state index in [1.54, 1.807) is 0 Å². The van der Waals surface area contributed by atoms with Crippen LogP contribution in [-0.2, 0) is 14.8 Å². The van der Waals surface area contributed by atoms with Crippen molar-refractivity contribution in [3.8, 4) is 11.5 Å². The molecule has 29 heavy (non-hydrogen) atoms. The Morgan fingerprint density at radius 3 is 2.31 bits per heavy atom. The second-order valence-corrected chi connectivity index (χ2v) is 8.55. The number of halogens is 4. The number of anilines is 1. The molecule has 0 atom stereocenters. The lowest BCUT2D eigenvalue weighted by Gasteiger charge is -2.26. The topological polar surface area (TPSA) is 93.7 Å². The minimum Gasteiger partial charge on any atom is -0.435 e. The molecule has 0 aliphatic heterocycles. The molecule has 0 saturated heterocycles. The van der Waals surface area contributed by atoms with Crippen molar-refractivity contribution in [1.29, 1.82) is 0 Å². The van der Waals surface area contributed by atoms with Crippen molar-refractivity contribution in [2.75, 3.05) is 11.1 Å². The maximum absolute atomic E-state index is 12.6. The Kier molecular flexibility index (Phi) is 8.08. The summed E-state index contributed by atoms with van der Waals surface area (Å²) in [4.78, 5) is 12.1. The van der Waals surface area contributed by atoms with E-state index in [1.165, 1.54) is 0 Å². The first-order valence-corrected chi connectivity index (χ1v) is 10.5. The summed E-state index contributed by atoms with van der Waals surface area (Å²) < 4.78 is 84.8. The van der Waals surface area contributed by atoms with Crippen molar-refractivity contribution in [2.24, 2.45) is 5.92 Å². The van der Waals surface area contributed by atoms with Crippen LogP contribution in [0.15, 0.2) is 18.2 Å². The highest BCUT2D eigenvalue weighted by molar-refractivity contribution is 7.90. The van der Waals surface area contributed by atoms with Gasteiger partial charge in [0, 0.05) is 12.1 Å². The molecule has 0 aromatic heterocycles. The minimum atomic E-state index is -3.95. The first-order chi connectivity index (χ1) is 13.5. The van der Waals surface area contributed by atoms with E-state index in [4.69, 9.17) is 0 Å². The van der Waals surface area contributed by atoms with E-state index in [-0.39, 0.29) is 11.7 Å². The summed E-state index contributed by atoms with van der Waals surface area (Å²) in [6.45, 7) is -4.41. The number of ether oxygens (including phenoxy) is 2. The predicted octanol–water partition coefficient (Wildman–Crippen LogP) is 3.33. The highest BCUT2D eigenvalue weighted by Crippen LogP contribution is 2.31. The van der Waals surface area contributed by atoms with Crippen molar-refractivity contribution >= 4 is 21.6 Å². The van der Waals surface area contributed by atoms with Gasteiger partial charge in [0.1, 0.15) is 11.5 Å². The molecule has 1 aromatic carbocycles. The average molecular weight is 442 g/mol. The van der Waals surface area contributed by atoms with Gasteiger partial charge in [0.25, 0.3) is 0 Å². The average Bonchev–Trinajstić information content (AvgIpc) is 2.57. The molecule has 1 aliphatic rings. The second kappa shape index (κ2) is 10.1. The van der Waals surface area contributed by atoms with Crippen LogP contribution in [0.5, 0.6) is 11.5 Å². The van der Waals surface area contributed by atoms with Crippen molar-refractivity contribution < 1.29 is 40.2 Å². The Labute approximate surface area is 165 Å². The van der Waals surface area contributed by atoms with Gasteiger partial charge in [0.05, 0.1) is 5.69 Å². The van der Waals surface area contributed by atoms with Crippen molar-refractivity contribution in [3.05, 3.63) is 18.2 Å². The summed E-state index contributed by atoms with van der Waals surface area (Å²) in [7, 11) is -3.95. The van der Waals surface area contributed by atoms with E-state index in [0.717, 1.165) is 31.0 Å². The molecule has 0 spiro atoms. The van der Waals surface area contributed by atoms with Crippen LogP contribution in [0.4, 0.5) is 23.2 Å². The summed E-state index contributed by atoms with van der Waals surface area (Å²) in [6, 6.07) is 2.48. The number of amides is 1. The van der Waals surface area contributed by atoms with Crippen molar-refractivity contribution in [1.82, 2.24) is 4.72 Å². The van der Waals surface area contributed by atoms with Crippen LogP contribution in [0, 0.1) is 5.92 Å². The molecule has 0 unspecified atom stereocenters. The zero-order valence-electron chi connectivity index (χ0n) is 15.5. The largest absolute Gasteiger partial charge is 0.435 e. The van der Waals surface area contributed by atoms with Crippen LogP contribution in [0.1, 0.15) is 32.6 Å². The Balaban J connectivity index is 2.02. The van der Waals surface area contributed by atoms with Crippen LogP contribution >= 0.6 is 0 Å². The van der Waals surface area contributed by atoms with E-state index in [2.05, 4.69) is 26.4 Å². The summed E-state index contributed by atoms with van der Waals surface area (Å²) in [5.41, 5.74) is -0.307. The molecule has 7 nitrogen and oxygen atoms in total. The lowest BCUT2D eigenvalue weighted by molar-refractivity contribution is -0.114. The third-order valence-corrected chi connectivity index (χ3v) is 5.69. The highest BCUT2D eigenvalue weighted by atomic mass is 32.2. The predicted molar refractivity (Wildman–Crippen MR) is 96.7 cm³/mol. The molecule has 1 saturated carbocycles. The maximum atomic E-state index is 12.6. The van der Waals surface area contributed by atoms with E-state index < -0.39 is 46.4 Å². The molecular formula is C17H22F4N2O5S. The standard InChI is InChI=1S/C17H22F4N2O5S/c1-10-2-4-11(5-3-10)23-29(25,26)9-15(24)22-13-7-6-12(27-16(18)19)8-14(13)28-17(20)21/h6-8,10-11,16-17,23H,2-5,9H2,1H3,(H,22,24). The highest BCUT2D eigenvalue weighted by Gasteiger charge is 2.25. The molecule has 1 amide bonds. The molecule has 0 bridgehead atoms. The Morgan fingerprint density at radius 2 is 1.72 bits per heavy atom. The summed E-state index contributed by atoms with van der Waals surface area (Å²) >= 11 is 0. The molecule has 1 fully saturated rings. The third-order valence-electron chi connectivity index (χ3n) is 4.35. The smallest absolute Gasteiger partial charge is 0.387 e. The van der Waals surface area contributed by atoms with E-state index in [9.17, 15) is 30.8 Å². The van der Waals surface area contributed by atoms with Gasteiger partial charge in [0.15, 0.2) is 5.75 Å². The van der Waals surface area contributed by atoms with Gasteiger partial charge in [0.2, 0.25) is 15.9 Å². The normalized spacial score (nSPS) is 20.0. The summed E-state index contributed by atoms with van der Waals surface area (Å²) in [5.74, 6) is -2.51. The van der Waals surface area contributed by atoms with Crippen LogP contribution in [0.3, 0.4) is 0 Å². The number of carbonyl (C=O) groups excluding carboxylic acids is 1. The van der Waals surface area contributed by atoms with Gasteiger partial charge in [-0.15, -0.1) is 0 Å². The lowest BCUT2D eigenvalue weighted by Crippen LogP contribution is -2.41. The van der Waals surface area contributed by atoms with Crippen molar-refractivity contribution in [2.45, 2.75) is 51.9 Å². The lowest BCUT2D eigenvalue weighted by atomic mass is 9.88. The molecule has 1 aromatic rings. The number of hydrogen-bond donors (Lipinski definition) is 2. The van der Waals surface area contributed by atoms with Gasteiger partial charge in [-0.1, -0.05) is 6.92 Å². The minimum absolute atomic E-state index is 0.257. The Morgan fingerprint density at radius 1 is 1.10 bits per heavy atom. The third kappa shape index (κ3) is 8.05. The number of sulfonamides is 1. The van der Waals surface area contributed by atoms with Gasteiger partial charge in [-0.3, -0.25) is 4.79 Å². The first-order valence-electron chi connectivity index (χ1n) is 8.87. The van der Waals surface area contributed by atoms with Gasteiger partial charge in [-0.2, -0.15) is 17.6 Å².